The molecular weight excluding hydrogens is 497 g/mol. The van der Waals surface area contributed by atoms with Crippen molar-refractivity contribution >= 4 is 67.8 Å². The van der Waals surface area contributed by atoms with E-state index in [2.05, 4.69) is 92.2 Å². The molecule has 0 saturated carbocycles. The molecule has 1 atom stereocenters. The molecule has 0 bridgehead atoms. The van der Waals surface area contributed by atoms with E-state index in [4.69, 9.17) is 16.6 Å². The zero-order valence-electron chi connectivity index (χ0n) is 10.6. The largest absolute Gasteiger partial charge is 0.295 e. The lowest BCUT2D eigenvalue weighted by molar-refractivity contribution is 0.882. The highest BCUT2D eigenvalue weighted by Crippen LogP contribution is 2.29. The van der Waals surface area contributed by atoms with Gasteiger partial charge in [-0.2, -0.15) is 0 Å². The van der Waals surface area contributed by atoms with Crippen LogP contribution >= 0.6 is 56.8 Å². The van der Waals surface area contributed by atoms with Crippen molar-refractivity contribution in [2.45, 2.75) is 12.3 Å². The molecule has 3 rings (SSSR count). The van der Waals surface area contributed by atoms with Crippen molar-refractivity contribution < 1.29 is 0 Å². The number of hydrogen-bond acceptors (Lipinski definition) is 1. The number of halogens is 3. The van der Waals surface area contributed by atoms with Crippen LogP contribution in [0.15, 0.2) is 42.5 Å². The maximum absolute atomic E-state index is 6.32. The molecule has 0 aliphatic rings. The van der Waals surface area contributed by atoms with Gasteiger partial charge in [0.25, 0.3) is 0 Å². The molecule has 20 heavy (non-hydrogen) atoms. The summed E-state index contributed by atoms with van der Waals surface area (Å²) < 4.78 is 4.52. The monoisotopic (exact) mass is 508 g/mol. The molecule has 1 aromatic heterocycles. The maximum Gasteiger partial charge on any atom is 0.132 e. The van der Waals surface area contributed by atoms with Crippen LogP contribution in [-0.2, 0) is 0 Å². The summed E-state index contributed by atoms with van der Waals surface area (Å²) in [7, 11) is 0. The molecule has 5 heteroatoms. The van der Waals surface area contributed by atoms with Gasteiger partial charge in [-0.25, -0.2) is 4.98 Å². The lowest BCUT2D eigenvalue weighted by Gasteiger charge is -2.11. The van der Waals surface area contributed by atoms with Gasteiger partial charge in [0.15, 0.2) is 0 Å². The van der Waals surface area contributed by atoms with Gasteiger partial charge in [0, 0.05) is 12.8 Å². The Hall–Kier alpha value is -0.340. The third-order valence-corrected chi connectivity index (χ3v) is 4.60. The van der Waals surface area contributed by atoms with Crippen LogP contribution in [0.3, 0.4) is 0 Å². The second-order valence-electron chi connectivity index (χ2n) is 4.53. The lowest BCUT2D eigenvalue weighted by Crippen LogP contribution is -2.02. The fourth-order valence-corrected chi connectivity index (χ4v) is 3.37. The average Bonchev–Trinajstić information content (AvgIpc) is 2.77. The highest BCUT2D eigenvalue weighted by Gasteiger charge is 2.16. The summed E-state index contributed by atoms with van der Waals surface area (Å²) in [5.41, 5.74) is 3.18. The van der Waals surface area contributed by atoms with E-state index in [0.717, 1.165) is 22.5 Å². The molecule has 102 valence electrons. The van der Waals surface area contributed by atoms with E-state index < -0.39 is 0 Å². The highest BCUT2D eigenvalue weighted by atomic mass is 127. The van der Waals surface area contributed by atoms with E-state index in [1.54, 1.807) is 0 Å². The van der Waals surface area contributed by atoms with Gasteiger partial charge in [-0.05, 0) is 88.5 Å². The Labute approximate surface area is 149 Å². The molecule has 2 aromatic carbocycles. The Bertz CT molecular complexity index is 781. The minimum atomic E-state index is -0.141. The molecule has 0 amide bonds. The number of fused-ring (bicyclic) bond motifs is 1. The van der Waals surface area contributed by atoms with Crippen molar-refractivity contribution in [2.75, 3.05) is 0 Å². The molecule has 2 nitrogen and oxygen atoms in total. The van der Waals surface area contributed by atoms with Crippen molar-refractivity contribution in [3.05, 3.63) is 55.4 Å². The Morgan fingerprint density at radius 3 is 2.55 bits per heavy atom. The number of hydrogen-bond donors (Lipinski definition) is 0. The van der Waals surface area contributed by atoms with E-state index in [1.807, 2.05) is 6.92 Å². The summed E-state index contributed by atoms with van der Waals surface area (Å²) in [6, 6.07) is 14.6. The number of benzene rings is 2. The van der Waals surface area contributed by atoms with E-state index in [-0.39, 0.29) is 5.38 Å². The van der Waals surface area contributed by atoms with Crippen LogP contribution in [0.4, 0.5) is 0 Å². The molecule has 0 fully saturated rings. The summed E-state index contributed by atoms with van der Waals surface area (Å²) in [5, 5.41) is -0.141. The van der Waals surface area contributed by atoms with Crippen molar-refractivity contribution in [1.29, 1.82) is 0 Å². The number of nitrogens with zero attached hydrogens (tertiary/aromatic N) is 2. The standard InChI is InChI=1S/C15H11ClI2N2/c1-9(16)15-19-13-8-11(18)5-6-14(13)20(15)12-4-2-3-10(17)7-12/h2-9H,1H3. The van der Waals surface area contributed by atoms with E-state index >= 15 is 0 Å². The fraction of sp³-hybridized carbons (Fsp3) is 0.133. The zero-order valence-corrected chi connectivity index (χ0v) is 15.7. The molecule has 0 spiro atoms. The van der Waals surface area contributed by atoms with Gasteiger partial charge < -0.3 is 0 Å². The lowest BCUT2D eigenvalue weighted by atomic mass is 10.2. The first-order valence-corrected chi connectivity index (χ1v) is 8.73. The van der Waals surface area contributed by atoms with Crippen LogP contribution in [0.2, 0.25) is 0 Å². The van der Waals surface area contributed by atoms with Gasteiger partial charge in [0.05, 0.1) is 16.4 Å². The molecule has 0 N–H and O–H groups in total. The Morgan fingerprint density at radius 2 is 1.85 bits per heavy atom. The predicted molar refractivity (Wildman–Crippen MR) is 101 cm³/mol. The molecule has 0 radical (unpaired) electrons. The van der Waals surface area contributed by atoms with Gasteiger partial charge in [-0.1, -0.05) is 6.07 Å². The van der Waals surface area contributed by atoms with Crippen molar-refractivity contribution in [3.63, 3.8) is 0 Å². The van der Waals surface area contributed by atoms with E-state index in [9.17, 15) is 0 Å². The van der Waals surface area contributed by atoms with Crippen LogP contribution in [0, 0.1) is 7.14 Å². The molecule has 3 aromatic rings. The molecular formula is C15H11ClI2N2. The van der Waals surface area contributed by atoms with Crippen LogP contribution in [0.5, 0.6) is 0 Å². The summed E-state index contributed by atoms with van der Waals surface area (Å²) in [5.74, 6) is 0.880. The zero-order chi connectivity index (χ0) is 14.3. The van der Waals surface area contributed by atoms with Gasteiger partial charge >= 0.3 is 0 Å². The maximum atomic E-state index is 6.32. The van der Waals surface area contributed by atoms with Gasteiger partial charge in [-0.3, -0.25) is 4.57 Å². The van der Waals surface area contributed by atoms with E-state index in [1.165, 1.54) is 7.14 Å². The Morgan fingerprint density at radius 1 is 1.10 bits per heavy atom. The van der Waals surface area contributed by atoms with Crippen LogP contribution < -0.4 is 0 Å². The number of alkyl halides is 1. The molecule has 0 saturated heterocycles. The minimum Gasteiger partial charge on any atom is -0.295 e. The Balaban J connectivity index is 2.34. The van der Waals surface area contributed by atoms with Crippen molar-refractivity contribution in [1.82, 2.24) is 9.55 Å². The van der Waals surface area contributed by atoms with Crippen LogP contribution in [-0.4, -0.2) is 9.55 Å². The summed E-state index contributed by atoms with van der Waals surface area (Å²) in [6.07, 6.45) is 0. The quantitative estimate of drug-likeness (QED) is 0.329. The van der Waals surface area contributed by atoms with Crippen LogP contribution in [0.1, 0.15) is 18.1 Å². The number of rotatable bonds is 2. The van der Waals surface area contributed by atoms with Crippen molar-refractivity contribution in [3.8, 4) is 5.69 Å². The summed E-state index contributed by atoms with van der Waals surface area (Å²) >= 11 is 10.9. The second-order valence-corrected chi connectivity index (χ2v) is 7.68. The molecule has 1 unspecified atom stereocenters. The third-order valence-electron chi connectivity index (χ3n) is 3.06. The van der Waals surface area contributed by atoms with Crippen molar-refractivity contribution in [2.24, 2.45) is 0 Å². The first-order valence-electron chi connectivity index (χ1n) is 6.14. The SMILES string of the molecule is CC(Cl)c1nc2cc(I)ccc2n1-c1cccc(I)c1. The number of aromatic nitrogens is 2. The van der Waals surface area contributed by atoms with Gasteiger partial charge in [-0.15, -0.1) is 11.6 Å². The topological polar surface area (TPSA) is 17.8 Å². The highest BCUT2D eigenvalue weighted by molar-refractivity contribution is 14.1. The molecule has 0 aliphatic heterocycles. The van der Waals surface area contributed by atoms with Gasteiger partial charge in [0.1, 0.15) is 5.82 Å². The summed E-state index contributed by atoms with van der Waals surface area (Å²) in [4.78, 5) is 4.70. The molecule has 1 heterocycles. The summed E-state index contributed by atoms with van der Waals surface area (Å²) in [6.45, 7) is 1.96. The normalized spacial score (nSPS) is 12.8. The Kier molecular flexibility index (Phi) is 4.24. The fourth-order valence-electron chi connectivity index (χ4n) is 2.23. The average molecular weight is 509 g/mol. The van der Waals surface area contributed by atoms with E-state index in [0.29, 0.717) is 0 Å². The minimum absolute atomic E-state index is 0.141. The van der Waals surface area contributed by atoms with Crippen LogP contribution in [0.25, 0.3) is 16.7 Å². The first kappa shape index (κ1) is 14.6. The van der Waals surface area contributed by atoms with Gasteiger partial charge in [0.2, 0.25) is 0 Å². The first-order chi connectivity index (χ1) is 9.56. The predicted octanol–water partition coefficient (Wildman–Crippen LogP) is 5.53. The third kappa shape index (κ3) is 2.69. The number of imidazole rings is 1. The molecule has 0 aliphatic carbocycles. The smallest absolute Gasteiger partial charge is 0.132 e. The second kappa shape index (κ2) is 5.81.